The van der Waals surface area contributed by atoms with Gasteiger partial charge in [0.25, 0.3) is 5.69 Å². The number of nitrogens with one attached hydrogen (secondary N) is 1. The Morgan fingerprint density at radius 2 is 1.55 bits per heavy atom. The van der Waals surface area contributed by atoms with Gasteiger partial charge in [-0.05, 0) is 96.2 Å². The van der Waals surface area contributed by atoms with Crippen LogP contribution in [0.25, 0.3) is 10.8 Å². The smallest absolute Gasteiger partial charge is 0.416 e. The summed E-state index contributed by atoms with van der Waals surface area (Å²) in [5.41, 5.74) is 2.89. The van der Waals surface area contributed by atoms with Crippen LogP contribution in [-0.2, 0) is 16.1 Å². The Kier molecular flexibility index (Phi) is 20.9. The van der Waals surface area contributed by atoms with E-state index in [2.05, 4.69) is 24.9 Å². The van der Waals surface area contributed by atoms with Crippen molar-refractivity contribution in [1.82, 2.24) is 10.2 Å². The number of non-ortho nitro benzene ring substituents is 1. The van der Waals surface area contributed by atoms with Gasteiger partial charge in [0.2, 0.25) is 5.79 Å². The van der Waals surface area contributed by atoms with Gasteiger partial charge in [-0.2, -0.15) is 0 Å². The van der Waals surface area contributed by atoms with Crippen molar-refractivity contribution in [3.63, 3.8) is 0 Å². The Morgan fingerprint density at radius 3 is 2.26 bits per heavy atom. The zero-order valence-corrected chi connectivity index (χ0v) is 43.3. The molecule has 1 heterocycles. The highest BCUT2D eigenvalue weighted by Crippen LogP contribution is 2.62. The first-order chi connectivity index (χ1) is 36.2. The Hall–Kier alpha value is -6.29. The van der Waals surface area contributed by atoms with Crippen molar-refractivity contribution in [3.05, 3.63) is 130 Å². The van der Waals surface area contributed by atoms with E-state index in [1.165, 1.54) is 76.3 Å². The van der Waals surface area contributed by atoms with Crippen LogP contribution in [0.15, 0.2) is 114 Å². The molecule has 6 atom stereocenters. The second-order valence-electron chi connectivity index (χ2n) is 19.8. The summed E-state index contributed by atoms with van der Waals surface area (Å²) >= 11 is 0. The maximum atomic E-state index is 15.3. The van der Waals surface area contributed by atoms with Crippen molar-refractivity contribution in [2.45, 2.75) is 140 Å². The summed E-state index contributed by atoms with van der Waals surface area (Å²) in [6, 6.07) is 23.7. The second-order valence-corrected chi connectivity index (χ2v) is 19.8. The van der Waals surface area contributed by atoms with Crippen molar-refractivity contribution in [2.24, 2.45) is 22.9 Å². The number of amides is 2. The van der Waals surface area contributed by atoms with E-state index < -0.39 is 34.9 Å². The number of aliphatic hydroxyl groups excluding tert-OH is 2. The number of allylic oxidation sites excluding steroid dienone is 1. The van der Waals surface area contributed by atoms with E-state index >= 15 is 4.79 Å². The first kappa shape index (κ1) is 55.5. The summed E-state index contributed by atoms with van der Waals surface area (Å²) < 4.78 is 26.7. The third-order valence-corrected chi connectivity index (χ3v) is 14.9. The molecule has 0 unspecified atom stereocenters. The standard InChI is InChI=1S/C59H76N4O11/c1-4-6-7-8-9-10-11-12-13-18-34-60-57(66)72-47-32-33-53-51(39-47)55-49(27-17-20-36-65)43(23-16-19-35-64)38-50-52(61-70-3)40-54(59(74-53,56(50)55)71-37-5-2)62(41-44-25-21-24-42-22-14-15-26-48(42)44)58(67)73-46-30-28-45(29-31-46)63(68)69/h5,14-15,21-22,24-26,28-33,38-39,43,49,54-56,64-65H,2,4,6-13,16-20,23,27,34-37,40-41H2,1,3H3,(H,60,66)/t43-,49+,54-,55+,56+,59+/m0/s1. The molecule has 1 saturated carbocycles. The SMILES string of the molecule is C=CCO[C@@]12Oc3ccc(OC(=O)NCCCCCCCCCCCC)cc3[C@H]3[C@H](CCCCO)[C@@H](CCCCO)C=C(C(=NOC)C[C@@H]1N(Cc1cccc4ccccc14)C(=O)Oc1ccc([N+](=O)[O-])cc1)[C@H]32. The summed E-state index contributed by atoms with van der Waals surface area (Å²) in [6.07, 6.45) is 18.8. The average Bonchev–Trinajstić information content (AvgIpc) is 3.44. The number of nitro groups is 1. The van der Waals surface area contributed by atoms with Crippen LogP contribution in [-0.4, -0.2) is 83.2 Å². The lowest BCUT2D eigenvalue weighted by Gasteiger charge is -2.59. The summed E-state index contributed by atoms with van der Waals surface area (Å²) in [7, 11) is 1.49. The molecule has 0 radical (unpaired) electrons. The van der Waals surface area contributed by atoms with Crippen LogP contribution in [0.4, 0.5) is 15.3 Å². The van der Waals surface area contributed by atoms with Gasteiger partial charge in [0.1, 0.15) is 30.4 Å². The van der Waals surface area contributed by atoms with E-state index in [1.807, 2.05) is 48.5 Å². The lowest BCUT2D eigenvalue weighted by Crippen LogP contribution is -2.70. The molecule has 398 valence electrons. The van der Waals surface area contributed by atoms with Crippen LogP contribution in [0.1, 0.15) is 133 Å². The number of hydrogen-bond donors (Lipinski definition) is 3. The Morgan fingerprint density at radius 1 is 0.865 bits per heavy atom. The van der Waals surface area contributed by atoms with E-state index in [9.17, 15) is 25.1 Å². The molecule has 1 aliphatic heterocycles. The maximum absolute atomic E-state index is 15.3. The lowest BCUT2D eigenvalue weighted by molar-refractivity contribution is -0.384. The summed E-state index contributed by atoms with van der Waals surface area (Å²) in [4.78, 5) is 47.0. The molecule has 15 nitrogen and oxygen atoms in total. The Labute approximate surface area is 436 Å². The summed E-state index contributed by atoms with van der Waals surface area (Å²) in [6.45, 7) is 6.94. The Balaban J connectivity index is 1.30. The molecule has 3 aliphatic rings. The number of benzene rings is 4. The second kappa shape index (κ2) is 27.8. The van der Waals surface area contributed by atoms with Gasteiger partial charge < -0.3 is 39.3 Å². The number of carbonyl (C=O) groups excluding carboxylic acids is 2. The van der Waals surface area contributed by atoms with Gasteiger partial charge in [-0.1, -0.05) is 137 Å². The van der Waals surface area contributed by atoms with Crippen molar-refractivity contribution in [2.75, 3.05) is 33.5 Å². The van der Waals surface area contributed by atoms with Gasteiger partial charge in [-0.25, -0.2) is 9.59 Å². The van der Waals surface area contributed by atoms with Gasteiger partial charge in [-0.3, -0.25) is 15.0 Å². The van der Waals surface area contributed by atoms with Gasteiger partial charge in [0, 0.05) is 49.8 Å². The highest BCUT2D eigenvalue weighted by Gasteiger charge is 2.66. The van der Waals surface area contributed by atoms with Crippen LogP contribution in [0.3, 0.4) is 0 Å². The van der Waals surface area contributed by atoms with Gasteiger partial charge >= 0.3 is 12.2 Å². The number of hydrogen-bond acceptors (Lipinski definition) is 12. The van der Waals surface area contributed by atoms with E-state index in [4.69, 9.17) is 28.9 Å². The number of carbonyl (C=O) groups is 2. The van der Waals surface area contributed by atoms with Gasteiger partial charge in [-0.15, -0.1) is 6.58 Å². The van der Waals surface area contributed by atoms with Gasteiger partial charge in [0.15, 0.2) is 0 Å². The Bertz CT molecular complexity index is 2540. The van der Waals surface area contributed by atoms with Crippen molar-refractivity contribution in [3.8, 4) is 17.2 Å². The molecule has 74 heavy (non-hydrogen) atoms. The largest absolute Gasteiger partial charge is 0.459 e. The third kappa shape index (κ3) is 13.7. The normalized spacial score (nSPS) is 21.2. The van der Waals surface area contributed by atoms with Crippen molar-refractivity contribution < 1.29 is 48.5 Å². The quantitative estimate of drug-likeness (QED) is 0.0203. The number of unbranched alkanes of at least 4 members (excludes halogenated alkanes) is 11. The molecule has 0 spiro atoms. The molecule has 0 saturated heterocycles. The minimum absolute atomic E-state index is 0.0222. The molecule has 1 fully saturated rings. The maximum Gasteiger partial charge on any atom is 0.416 e. The minimum atomic E-state index is -1.62. The monoisotopic (exact) mass is 1020 g/mol. The third-order valence-electron chi connectivity index (χ3n) is 14.9. The topological polar surface area (TPSA) is 192 Å². The zero-order chi connectivity index (χ0) is 52.3. The molecule has 3 N–H and O–H groups in total. The van der Waals surface area contributed by atoms with Crippen LogP contribution < -0.4 is 19.5 Å². The molecule has 0 bridgehead atoms. The molecule has 7 rings (SSSR count). The van der Waals surface area contributed by atoms with Crippen molar-refractivity contribution in [1.29, 1.82) is 0 Å². The summed E-state index contributed by atoms with van der Waals surface area (Å²) in [5, 5.41) is 41.2. The highest BCUT2D eigenvalue weighted by molar-refractivity contribution is 6.03. The highest BCUT2D eigenvalue weighted by atomic mass is 16.7. The first-order valence-corrected chi connectivity index (χ1v) is 26.9. The molecule has 4 aromatic carbocycles. The number of rotatable bonds is 29. The first-order valence-electron chi connectivity index (χ1n) is 26.9. The van der Waals surface area contributed by atoms with Crippen LogP contribution in [0.2, 0.25) is 0 Å². The van der Waals surface area contributed by atoms with Gasteiger partial charge in [0.05, 0.1) is 29.7 Å². The number of ether oxygens (including phenoxy) is 4. The minimum Gasteiger partial charge on any atom is -0.459 e. The van der Waals surface area contributed by atoms with E-state index in [1.54, 1.807) is 23.1 Å². The number of oxime groups is 1. The number of nitrogens with zero attached hydrogens (tertiary/aromatic N) is 3. The molecule has 4 aromatic rings. The zero-order valence-electron chi connectivity index (χ0n) is 43.3. The van der Waals surface area contributed by atoms with E-state index in [0.717, 1.165) is 66.0 Å². The average molecular weight is 1020 g/mol. The van der Waals surface area contributed by atoms with Crippen molar-refractivity contribution >= 4 is 34.4 Å². The lowest BCUT2D eigenvalue weighted by atomic mass is 9.55. The van der Waals surface area contributed by atoms with Crippen LogP contribution in [0.5, 0.6) is 17.2 Å². The fourth-order valence-corrected chi connectivity index (χ4v) is 11.5. The molecule has 2 aliphatic carbocycles. The van der Waals surface area contributed by atoms with E-state index in [-0.39, 0.29) is 62.0 Å². The van der Waals surface area contributed by atoms with Crippen LogP contribution in [0, 0.1) is 27.9 Å². The molecular weight excluding hydrogens is 941 g/mol. The molecule has 2 amide bonds. The fourth-order valence-electron chi connectivity index (χ4n) is 11.5. The van der Waals surface area contributed by atoms with E-state index in [0.29, 0.717) is 43.0 Å². The number of fused-ring (bicyclic) bond motifs is 3. The predicted octanol–water partition coefficient (Wildman–Crippen LogP) is 12.7. The molecule has 15 heteroatoms. The molecular formula is C59H76N4O11. The number of aliphatic hydroxyl groups is 2. The summed E-state index contributed by atoms with van der Waals surface area (Å²) in [5.74, 6) is -1.81. The molecule has 0 aromatic heterocycles. The fraction of sp³-hybridized carbons (Fsp3) is 0.508. The predicted molar refractivity (Wildman–Crippen MR) is 286 cm³/mol. The number of nitro benzene ring substituents is 1. The van der Waals surface area contributed by atoms with Crippen LogP contribution >= 0.6 is 0 Å².